The second-order valence-corrected chi connectivity index (χ2v) is 7.90. The summed E-state index contributed by atoms with van der Waals surface area (Å²) in [4.78, 5) is 0.178. The Balaban J connectivity index is 1.96. The van der Waals surface area contributed by atoms with Gasteiger partial charge in [0.1, 0.15) is 0 Å². The summed E-state index contributed by atoms with van der Waals surface area (Å²) in [5.41, 5.74) is 3.29. The van der Waals surface area contributed by atoms with Crippen LogP contribution in [0, 0.1) is 6.92 Å². The lowest BCUT2D eigenvalue weighted by Crippen LogP contribution is -2.01. The summed E-state index contributed by atoms with van der Waals surface area (Å²) < 4.78 is 29.5. The molecule has 0 N–H and O–H groups in total. The molecule has 0 amide bonds. The minimum Gasteiger partial charge on any atom is -0.199 e. The molecule has 0 fully saturated rings. The second kappa shape index (κ2) is 9.11. The van der Waals surface area contributed by atoms with Crippen LogP contribution in [0.4, 0.5) is 0 Å². The molecule has 0 aliphatic rings. The molecule has 3 aromatic rings. The van der Waals surface area contributed by atoms with E-state index in [1.54, 1.807) is 36.4 Å². The van der Waals surface area contributed by atoms with E-state index in [1.807, 2.05) is 79.7 Å². The van der Waals surface area contributed by atoms with Crippen molar-refractivity contribution >= 4 is 27.9 Å². The highest BCUT2D eigenvalue weighted by Crippen LogP contribution is 2.15. The molecule has 3 aromatic carbocycles. The van der Waals surface area contributed by atoms with E-state index in [-0.39, 0.29) is 4.90 Å². The molecule has 0 aromatic heterocycles. The van der Waals surface area contributed by atoms with Gasteiger partial charge in [-0.1, -0.05) is 90.5 Å². The molecular formula is C24H21NO2S. The van der Waals surface area contributed by atoms with Crippen LogP contribution in [-0.4, -0.2) is 14.1 Å². The summed E-state index contributed by atoms with van der Waals surface area (Å²) in [6, 6.07) is 26.1. The van der Waals surface area contributed by atoms with E-state index in [2.05, 4.69) is 4.40 Å². The van der Waals surface area contributed by atoms with Crippen molar-refractivity contribution in [2.45, 2.75) is 11.8 Å². The standard InChI is InChI=1S/C24H21NO2S/c1-20-12-18-24(19-13-20)28(26,27)25-23(16-14-21-8-4-2-5-9-21)17-15-22-10-6-3-7-11-22/h2-19H,1H3/b16-14-,17-15+,25-23?. The number of nitrogens with zero attached hydrogens (tertiary/aromatic N) is 1. The normalized spacial score (nSPS) is 12.7. The minimum absolute atomic E-state index is 0.178. The van der Waals surface area contributed by atoms with Crippen molar-refractivity contribution in [3.05, 3.63) is 114 Å². The first-order chi connectivity index (χ1) is 13.5. The van der Waals surface area contributed by atoms with Crippen LogP contribution in [0.15, 0.2) is 106 Å². The van der Waals surface area contributed by atoms with Gasteiger partial charge in [-0.05, 0) is 42.3 Å². The number of benzene rings is 3. The molecule has 0 unspecified atom stereocenters. The highest BCUT2D eigenvalue weighted by Gasteiger charge is 2.12. The van der Waals surface area contributed by atoms with Gasteiger partial charge in [0.25, 0.3) is 10.0 Å². The summed E-state index contributed by atoms with van der Waals surface area (Å²) in [7, 11) is -3.80. The van der Waals surface area contributed by atoms with Crippen LogP contribution < -0.4 is 0 Å². The quantitative estimate of drug-likeness (QED) is 0.521. The first kappa shape index (κ1) is 19.5. The van der Waals surface area contributed by atoms with Crippen LogP contribution >= 0.6 is 0 Å². The van der Waals surface area contributed by atoms with Gasteiger partial charge < -0.3 is 0 Å². The lowest BCUT2D eigenvalue weighted by molar-refractivity contribution is 0.598. The maximum Gasteiger partial charge on any atom is 0.282 e. The fourth-order valence-electron chi connectivity index (χ4n) is 2.51. The van der Waals surface area contributed by atoms with E-state index < -0.39 is 10.0 Å². The van der Waals surface area contributed by atoms with Crippen molar-refractivity contribution in [1.82, 2.24) is 0 Å². The fourth-order valence-corrected chi connectivity index (χ4v) is 3.49. The number of aryl methyl sites for hydroxylation is 1. The molecule has 0 heterocycles. The first-order valence-electron chi connectivity index (χ1n) is 8.91. The second-order valence-electron chi connectivity index (χ2n) is 6.29. The van der Waals surface area contributed by atoms with Crippen LogP contribution in [0.25, 0.3) is 12.2 Å². The number of rotatable bonds is 6. The lowest BCUT2D eigenvalue weighted by Gasteiger charge is -2.01. The molecule has 0 saturated heterocycles. The Bertz CT molecular complexity index is 1040. The molecule has 4 heteroatoms. The Morgan fingerprint density at radius 1 is 0.714 bits per heavy atom. The highest BCUT2D eigenvalue weighted by molar-refractivity contribution is 7.90. The van der Waals surface area contributed by atoms with E-state index >= 15 is 0 Å². The van der Waals surface area contributed by atoms with Gasteiger partial charge in [0.05, 0.1) is 10.6 Å². The summed E-state index contributed by atoms with van der Waals surface area (Å²) in [5.74, 6) is 0. The predicted molar refractivity (Wildman–Crippen MR) is 117 cm³/mol. The molecule has 0 atom stereocenters. The molecule has 3 nitrogen and oxygen atoms in total. The van der Waals surface area contributed by atoms with E-state index in [9.17, 15) is 8.42 Å². The maximum absolute atomic E-state index is 12.7. The Morgan fingerprint density at radius 3 is 1.64 bits per heavy atom. The van der Waals surface area contributed by atoms with Crippen LogP contribution in [0.1, 0.15) is 16.7 Å². The number of allylic oxidation sites excluding steroid dienone is 2. The molecule has 3 rings (SSSR count). The molecule has 0 saturated carbocycles. The van der Waals surface area contributed by atoms with Gasteiger partial charge in [-0.15, -0.1) is 0 Å². The van der Waals surface area contributed by atoms with Gasteiger partial charge in [-0.2, -0.15) is 12.8 Å². The Morgan fingerprint density at radius 2 is 1.18 bits per heavy atom. The monoisotopic (exact) mass is 387 g/mol. The average Bonchev–Trinajstić information content (AvgIpc) is 2.72. The summed E-state index contributed by atoms with van der Waals surface area (Å²) in [5, 5.41) is 0. The lowest BCUT2D eigenvalue weighted by atomic mass is 10.1. The zero-order chi connectivity index (χ0) is 19.8. The van der Waals surface area contributed by atoms with Gasteiger partial charge in [-0.25, -0.2) is 0 Å². The van der Waals surface area contributed by atoms with Crippen molar-refractivity contribution in [2.75, 3.05) is 0 Å². The fraction of sp³-hybridized carbons (Fsp3) is 0.0417. The SMILES string of the molecule is Cc1ccc(S(=O)(=O)N=C(/C=C\c2ccccc2)/C=C/c2ccccc2)cc1. The van der Waals surface area contributed by atoms with Crippen LogP contribution in [0.3, 0.4) is 0 Å². The van der Waals surface area contributed by atoms with Gasteiger partial charge in [-0.3, -0.25) is 0 Å². The van der Waals surface area contributed by atoms with Gasteiger partial charge in [0.15, 0.2) is 0 Å². The molecule has 0 radical (unpaired) electrons. The summed E-state index contributed by atoms with van der Waals surface area (Å²) in [6.07, 6.45) is 7.11. The summed E-state index contributed by atoms with van der Waals surface area (Å²) >= 11 is 0. The number of hydrogen-bond acceptors (Lipinski definition) is 2. The van der Waals surface area contributed by atoms with Crippen molar-refractivity contribution in [1.29, 1.82) is 0 Å². The van der Waals surface area contributed by atoms with Crippen molar-refractivity contribution < 1.29 is 8.42 Å². The topological polar surface area (TPSA) is 46.5 Å². The number of hydrogen-bond donors (Lipinski definition) is 0. The van der Waals surface area contributed by atoms with Gasteiger partial charge >= 0.3 is 0 Å². The third-order valence-corrected chi connectivity index (χ3v) is 5.36. The molecular weight excluding hydrogens is 366 g/mol. The van der Waals surface area contributed by atoms with E-state index in [4.69, 9.17) is 0 Å². The van der Waals surface area contributed by atoms with Gasteiger partial charge in [0, 0.05) is 0 Å². The van der Waals surface area contributed by atoms with Crippen LogP contribution in [-0.2, 0) is 10.0 Å². The smallest absolute Gasteiger partial charge is 0.199 e. The third-order valence-electron chi connectivity index (χ3n) is 4.04. The van der Waals surface area contributed by atoms with E-state index in [1.165, 1.54) is 0 Å². The first-order valence-corrected chi connectivity index (χ1v) is 10.3. The Labute approximate surface area is 166 Å². The molecule has 0 aliphatic carbocycles. The van der Waals surface area contributed by atoms with Gasteiger partial charge in [0.2, 0.25) is 0 Å². The highest BCUT2D eigenvalue weighted by atomic mass is 32.2. The Kier molecular flexibility index (Phi) is 6.35. The molecule has 0 aliphatic heterocycles. The third kappa shape index (κ3) is 5.63. The zero-order valence-electron chi connectivity index (χ0n) is 15.6. The maximum atomic E-state index is 12.7. The summed E-state index contributed by atoms with van der Waals surface area (Å²) in [6.45, 7) is 1.91. The predicted octanol–water partition coefficient (Wildman–Crippen LogP) is 5.55. The van der Waals surface area contributed by atoms with E-state index in [0.717, 1.165) is 16.7 Å². The van der Waals surface area contributed by atoms with Crippen LogP contribution in [0.2, 0.25) is 0 Å². The molecule has 28 heavy (non-hydrogen) atoms. The van der Waals surface area contributed by atoms with Crippen molar-refractivity contribution in [2.24, 2.45) is 4.40 Å². The van der Waals surface area contributed by atoms with Crippen molar-refractivity contribution in [3.63, 3.8) is 0 Å². The van der Waals surface area contributed by atoms with Crippen molar-refractivity contribution in [3.8, 4) is 0 Å². The average molecular weight is 388 g/mol. The Hall–Kier alpha value is -3.24. The van der Waals surface area contributed by atoms with E-state index in [0.29, 0.717) is 5.71 Å². The molecule has 0 spiro atoms. The molecule has 140 valence electrons. The van der Waals surface area contributed by atoms with Crippen LogP contribution in [0.5, 0.6) is 0 Å². The largest absolute Gasteiger partial charge is 0.282 e. The zero-order valence-corrected chi connectivity index (χ0v) is 16.4. The molecule has 0 bridgehead atoms. The minimum atomic E-state index is -3.80. The number of sulfonamides is 1.